The van der Waals surface area contributed by atoms with Gasteiger partial charge in [-0.15, -0.1) is 0 Å². The topological polar surface area (TPSA) is 79.4 Å². The van der Waals surface area contributed by atoms with Gasteiger partial charge in [-0.1, -0.05) is 37.3 Å². The van der Waals surface area contributed by atoms with E-state index in [0.717, 1.165) is 16.5 Å². The SMILES string of the molecule is CCCN(CC(=O)Nc1ccccc1C)S(=O)(=O)c1cccc2cc(C)cnc12. The minimum Gasteiger partial charge on any atom is -0.325 e. The summed E-state index contributed by atoms with van der Waals surface area (Å²) < 4.78 is 28.0. The minimum atomic E-state index is -3.89. The van der Waals surface area contributed by atoms with Crippen LogP contribution in [-0.2, 0) is 14.8 Å². The number of benzene rings is 2. The predicted octanol–water partition coefficient (Wildman–Crippen LogP) is 3.89. The minimum absolute atomic E-state index is 0.118. The molecule has 0 aliphatic rings. The number of sulfonamides is 1. The third-order valence-electron chi connectivity index (χ3n) is 4.64. The van der Waals surface area contributed by atoms with Crippen molar-refractivity contribution in [1.29, 1.82) is 0 Å². The number of hydrogen-bond acceptors (Lipinski definition) is 4. The smallest absolute Gasteiger partial charge is 0.245 e. The molecular weight excluding hydrogens is 386 g/mol. The molecule has 0 aliphatic heterocycles. The molecule has 1 heterocycles. The maximum atomic E-state index is 13.4. The Kier molecular flexibility index (Phi) is 6.30. The van der Waals surface area contributed by atoms with Crippen LogP contribution < -0.4 is 5.32 Å². The van der Waals surface area contributed by atoms with Crippen LogP contribution in [0.15, 0.2) is 59.6 Å². The van der Waals surface area contributed by atoms with Gasteiger partial charge in [0.1, 0.15) is 4.90 Å². The van der Waals surface area contributed by atoms with Gasteiger partial charge in [0.2, 0.25) is 15.9 Å². The van der Waals surface area contributed by atoms with Crippen LogP contribution in [-0.4, -0.2) is 36.7 Å². The highest BCUT2D eigenvalue weighted by molar-refractivity contribution is 7.89. The number of amides is 1. The fourth-order valence-electron chi connectivity index (χ4n) is 3.19. The number of aromatic nitrogens is 1. The maximum Gasteiger partial charge on any atom is 0.245 e. The fraction of sp³-hybridized carbons (Fsp3) is 0.273. The van der Waals surface area contributed by atoms with Gasteiger partial charge in [0.05, 0.1) is 12.1 Å². The second kappa shape index (κ2) is 8.71. The number of aryl methyl sites for hydroxylation is 2. The zero-order chi connectivity index (χ0) is 21.0. The third kappa shape index (κ3) is 4.63. The van der Waals surface area contributed by atoms with Crippen molar-refractivity contribution in [3.63, 3.8) is 0 Å². The summed E-state index contributed by atoms with van der Waals surface area (Å²) in [6, 6.07) is 14.4. The second-order valence-corrected chi connectivity index (χ2v) is 8.95. The third-order valence-corrected chi connectivity index (χ3v) is 6.52. The maximum absolute atomic E-state index is 13.4. The van der Waals surface area contributed by atoms with E-state index in [2.05, 4.69) is 10.3 Å². The molecule has 0 radical (unpaired) electrons. The summed E-state index contributed by atoms with van der Waals surface area (Å²) in [6.07, 6.45) is 2.24. The molecule has 0 atom stereocenters. The molecule has 1 amide bonds. The Labute approximate surface area is 171 Å². The standard InChI is InChI=1S/C22H25N3O3S/c1-4-12-25(15-21(26)24-19-10-6-5-8-17(19)3)29(27,28)20-11-7-9-18-13-16(2)14-23-22(18)20/h5-11,13-14H,4,12,15H2,1-3H3,(H,24,26). The Bertz CT molecular complexity index is 1140. The van der Waals surface area contributed by atoms with E-state index in [0.29, 0.717) is 17.6 Å². The number of hydrogen-bond donors (Lipinski definition) is 1. The van der Waals surface area contributed by atoms with Gasteiger partial charge in [-0.05, 0) is 49.6 Å². The van der Waals surface area contributed by atoms with Crippen molar-refractivity contribution < 1.29 is 13.2 Å². The Morgan fingerprint density at radius 3 is 2.59 bits per heavy atom. The highest BCUT2D eigenvalue weighted by atomic mass is 32.2. The van der Waals surface area contributed by atoms with Crippen molar-refractivity contribution in [2.24, 2.45) is 0 Å². The van der Waals surface area contributed by atoms with Gasteiger partial charge in [-0.3, -0.25) is 9.78 Å². The van der Waals surface area contributed by atoms with Crippen LogP contribution in [0.25, 0.3) is 10.9 Å². The van der Waals surface area contributed by atoms with Gasteiger partial charge in [0, 0.05) is 23.8 Å². The normalized spacial score (nSPS) is 11.7. The molecule has 152 valence electrons. The van der Waals surface area contributed by atoms with E-state index in [-0.39, 0.29) is 23.9 Å². The summed E-state index contributed by atoms with van der Waals surface area (Å²) in [4.78, 5) is 17.1. The number of nitrogens with one attached hydrogen (secondary N) is 1. The van der Waals surface area contributed by atoms with Crippen molar-refractivity contribution in [3.8, 4) is 0 Å². The van der Waals surface area contributed by atoms with Crippen molar-refractivity contribution in [1.82, 2.24) is 9.29 Å². The summed E-state index contributed by atoms with van der Waals surface area (Å²) in [5.74, 6) is -0.375. The first-order chi connectivity index (χ1) is 13.8. The number of fused-ring (bicyclic) bond motifs is 1. The Morgan fingerprint density at radius 1 is 1.10 bits per heavy atom. The number of anilines is 1. The molecule has 2 aromatic carbocycles. The van der Waals surface area contributed by atoms with Gasteiger partial charge < -0.3 is 5.32 Å². The summed E-state index contributed by atoms with van der Waals surface area (Å²) in [5.41, 5.74) is 2.96. The molecular formula is C22H25N3O3S. The lowest BCUT2D eigenvalue weighted by molar-refractivity contribution is -0.116. The van der Waals surface area contributed by atoms with Crippen molar-refractivity contribution in [3.05, 3.63) is 65.9 Å². The molecule has 0 fully saturated rings. The molecule has 1 aromatic heterocycles. The first-order valence-electron chi connectivity index (χ1n) is 9.54. The highest BCUT2D eigenvalue weighted by Crippen LogP contribution is 2.25. The molecule has 0 unspecified atom stereocenters. The monoisotopic (exact) mass is 411 g/mol. The zero-order valence-electron chi connectivity index (χ0n) is 16.8. The van der Waals surface area contributed by atoms with E-state index in [1.54, 1.807) is 24.4 Å². The number of carbonyl (C=O) groups is 1. The number of nitrogens with zero attached hydrogens (tertiary/aromatic N) is 2. The molecule has 0 saturated heterocycles. The van der Waals surface area contributed by atoms with Crippen LogP contribution in [0.1, 0.15) is 24.5 Å². The average molecular weight is 412 g/mol. The van der Waals surface area contributed by atoms with Gasteiger partial charge in [-0.2, -0.15) is 4.31 Å². The molecule has 0 bridgehead atoms. The number of pyridine rings is 1. The Morgan fingerprint density at radius 2 is 1.86 bits per heavy atom. The van der Waals surface area contributed by atoms with Gasteiger partial charge >= 0.3 is 0 Å². The Balaban J connectivity index is 1.92. The molecule has 7 heteroatoms. The molecule has 0 aliphatic carbocycles. The number of rotatable bonds is 7. The van der Waals surface area contributed by atoms with Crippen molar-refractivity contribution >= 4 is 32.5 Å². The van der Waals surface area contributed by atoms with Crippen LogP contribution in [0, 0.1) is 13.8 Å². The molecule has 0 spiro atoms. The zero-order valence-corrected chi connectivity index (χ0v) is 17.7. The molecule has 3 aromatic rings. The first-order valence-corrected chi connectivity index (χ1v) is 11.0. The lowest BCUT2D eigenvalue weighted by Crippen LogP contribution is -2.38. The second-order valence-electron chi connectivity index (χ2n) is 7.04. The summed E-state index contributed by atoms with van der Waals surface area (Å²) >= 11 is 0. The van der Waals surface area contributed by atoms with E-state index in [4.69, 9.17) is 0 Å². The Hall–Kier alpha value is -2.77. The summed E-state index contributed by atoms with van der Waals surface area (Å²) in [6.45, 7) is 5.66. The molecule has 0 saturated carbocycles. The molecule has 29 heavy (non-hydrogen) atoms. The van der Waals surface area contributed by atoms with Crippen LogP contribution in [0.4, 0.5) is 5.69 Å². The van der Waals surface area contributed by atoms with Crippen LogP contribution in [0.5, 0.6) is 0 Å². The van der Waals surface area contributed by atoms with Crippen LogP contribution in [0.2, 0.25) is 0 Å². The molecule has 1 N–H and O–H groups in total. The van der Waals surface area contributed by atoms with Gasteiger partial charge in [0.25, 0.3) is 0 Å². The van der Waals surface area contributed by atoms with E-state index < -0.39 is 10.0 Å². The highest BCUT2D eigenvalue weighted by Gasteiger charge is 2.28. The number of para-hydroxylation sites is 2. The lowest BCUT2D eigenvalue weighted by Gasteiger charge is -2.22. The molecule has 6 nitrogen and oxygen atoms in total. The van der Waals surface area contributed by atoms with Crippen molar-refractivity contribution in [2.45, 2.75) is 32.1 Å². The van der Waals surface area contributed by atoms with Crippen LogP contribution in [0.3, 0.4) is 0 Å². The van der Waals surface area contributed by atoms with E-state index in [1.807, 2.05) is 51.1 Å². The predicted molar refractivity (Wildman–Crippen MR) is 115 cm³/mol. The van der Waals surface area contributed by atoms with Crippen LogP contribution >= 0.6 is 0 Å². The lowest BCUT2D eigenvalue weighted by atomic mass is 10.2. The average Bonchev–Trinajstić information content (AvgIpc) is 2.68. The summed E-state index contributed by atoms with van der Waals surface area (Å²) in [7, 11) is -3.89. The van der Waals surface area contributed by atoms with Crippen molar-refractivity contribution in [2.75, 3.05) is 18.4 Å². The molecule has 3 rings (SSSR count). The van der Waals surface area contributed by atoms with E-state index in [1.165, 1.54) is 4.31 Å². The summed E-state index contributed by atoms with van der Waals surface area (Å²) in [5, 5.41) is 3.56. The first kappa shape index (κ1) is 21.0. The van der Waals surface area contributed by atoms with Gasteiger partial charge in [0.15, 0.2) is 0 Å². The number of carbonyl (C=O) groups excluding carboxylic acids is 1. The van der Waals surface area contributed by atoms with E-state index >= 15 is 0 Å². The fourth-order valence-corrected chi connectivity index (χ4v) is 4.84. The van der Waals surface area contributed by atoms with Gasteiger partial charge in [-0.25, -0.2) is 8.42 Å². The largest absolute Gasteiger partial charge is 0.325 e. The quantitative estimate of drug-likeness (QED) is 0.640. The van der Waals surface area contributed by atoms with E-state index in [9.17, 15) is 13.2 Å².